The van der Waals surface area contributed by atoms with E-state index in [4.69, 9.17) is 9.47 Å². The molecule has 0 atom stereocenters. The lowest BCUT2D eigenvalue weighted by atomic mass is 10.2. The van der Waals surface area contributed by atoms with Gasteiger partial charge in [-0.25, -0.2) is 0 Å². The molecule has 0 bridgehead atoms. The fourth-order valence-corrected chi connectivity index (χ4v) is 3.18. The highest BCUT2D eigenvalue weighted by Gasteiger charge is 2.14. The van der Waals surface area contributed by atoms with Crippen LogP contribution in [0.4, 0.5) is 0 Å². The molecule has 0 saturated heterocycles. The largest absolute Gasteiger partial charge is 0.497 e. The lowest BCUT2D eigenvalue weighted by Crippen LogP contribution is -2.41. The van der Waals surface area contributed by atoms with E-state index in [2.05, 4.69) is 10.9 Å². The minimum Gasteiger partial charge on any atom is -0.497 e. The molecule has 6 nitrogen and oxygen atoms in total. The number of carbonyl (C=O) groups is 2. The minimum atomic E-state index is -0.454. The molecule has 1 aromatic heterocycles. The number of thiophene rings is 1. The van der Waals surface area contributed by atoms with Gasteiger partial charge < -0.3 is 9.47 Å². The molecule has 2 aromatic rings. The smallest absolute Gasteiger partial charge is 0.279 e. The summed E-state index contributed by atoms with van der Waals surface area (Å²) in [7, 11) is 3.01. The molecule has 2 amide bonds. The second-order valence-corrected chi connectivity index (χ2v) is 6.22. The van der Waals surface area contributed by atoms with Gasteiger partial charge in [-0.2, -0.15) is 0 Å². The quantitative estimate of drug-likeness (QED) is 0.815. The van der Waals surface area contributed by atoms with Crippen LogP contribution in [-0.2, 0) is 6.42 Å². The maximum atomic E-state index is 12.2. The molecule has 0 radical (unpaired) electrons. The summed E-state index contributed by atoms with van der Waals surface area (Å²) in [4.78, 5) is 26.1. The van der Waals surface area contributed by atoms with Crippen LogP contribution >= 0.6 is 11.3 Å². The molecule has 7 heteroatoms. The number of methoxy groups -OCH3 is 2. The molecule has 2 rings (SSSR count). The van der Waals surface area contributed by atoms with E-state index in [1.807, 2.05) is 19.9 Å². The summed E-state index contributed by atoms with van der Waals surface area (Å²) < 4.78 is 10.3. The predicted octanol–water partition coefficient (Wildman–Crippen LogP) is 2.71. The van der Waals surface area contributed by atoms with E-state index in [0.29, 0.717) is 21.9 Å². The first-order chi connectivity index (χ1) is 11.5. The van der Waals surface area contributed by atoms with Gasteiger partial charge in [-0.15, -0.1) is 11.3 Å². The van der Waals surface area contributed by atoms with Crippen molar-refractivity contribution in [3.63, 3.8) is 0 Å². The molecule has 0 aliphatic rings. The summed E-state index contributed by atoms with van der Waals surface area (Å²) in [5, 5.41) is 0. The summed E-state index contributed by atoms with van der Waals surface area (Å²) in [5.74, 6) is 0.190. The Kier molecular flexibility index (Phi) is 5.81. The SMILES string of the molecule is CCc1sc(C(=O)NNC(=O)c2cc(OC)cc(OC)c2)cc1C. The van der Waals surface area contributed by atoms with E-state index in [1.54, 1.807) is 18.2 Å². The zero-order chi connectivity index (χ0) is 17.7. The van der Waals surface area contributed by atoms with Gasteiger partial charge in [0.25, 0.3) is 11.8 Å². The first-order valence-electron chi connectivity index (χ1n) is 7.41. The van der Waals surface area contributed by atoms with Crippen molar-refractivity contribution < 1.29 is 19.1 Å². The average molecular weight is 348 g/mol. The second kappa shape index (κ2) is 7.83. The Labute approximate surface area is 144 Å². The van der Waals surface area contributed by atoms with Gasteiger partial charge in [0, 0.05) is 16.5 Å². The van der Waals surface area contributed by atoms with Crippen LogP contribution in [0.3, 0.4) is 0 Å². The molecule has 2 N–H and O–H groups in total. The van der Waals surface area contributed by atoms with E-state index >= 15 is 0 Å². The number of rotatable bonds is 5. The van der Waals surface area contributed by atoms with E-state index in [1.165, 1.54) is 25.6 Å². The van der Waals surface area contributed by atoms with E-state index in [9.17, 15) is 9.59 Å². The number of carbonyl (C=O) groups excluding carboxylic acids is 2. The zero-order valence-corrected chi connectivity index (χ0v) is 14.9. The zero-order valence-electron chi connectivity index (χ0n) is 14.1. The van der Waals surface area contributed by atoms with Crippen molar-refractivity contribution in [3.8, 4) is 11.5 Å². The molecular formula is C17H20N2O4S. The number of ether oxygens (including phenoxy) is 2. The summed E-state index contributed by atoms with van der Waals surface area (Å²) in [6, 6.07) is 6.61. The van der Waals surface area contributed by atoms with Crippen molar-refractivity contribution in [3.05, 3.63) is 45.1 Å². The normalized spacial score (nSPS) is 10.2. The number of aryl methyl sites for hydroxylation is 2. The molecule has 0 aliphatic carbocycles. The Morgan fingerprint density at radius 2 is 1.58 bits per heavy atom. The monoisotopic (exact) mass is 348 g/mol. The molecule has 1 aromatic carbocycles. The third-order valence-corrected chi connectivity index (χ3v) is 4.85. The molecule has 0 saturated carbocycles. The van der Waals surface area contributed by atoms with Crippen LogP contribution in [0.2, 0.25) is 0 Å². The number of benzene rings is 1. The maximum Gasteiger partial charge on any atom is 0.279 e. The van der Waals surface area contributed by atoms with Crippen molar-refractivity contribution >= 4 is 23.2 Å². The van der Waals surface area contributed by atoms with Crippen molar-refractivity contribution in [1.82, 2.24) is 10.9 Å². The fraction of sp³-hybridized carbons (Fsp3) is 0.294. The molecular weight excluding hydrogens is 328 g/mol. The van der Waals surface area contributed by atoms with E-state index in [-0.39, 0.29) is 5.91 Å². The number of nitrogens with one attached hydrogen (secondary N) is 2. The Balaban J connectivity index is 2.05. The number of hydrazine groups is 1. The molecule has 0 unspecified atom stereocenters. The first-order valence-corrected chi connectivity index (χ1v) is 8.23. The second-order valence-electron chi connectivity index (χ2n) is 5.08. The van der Waals surface area contributed by atoms with Gasteiger partial charge in [-0.1, -0.05) is 6.92 Å². The number of hydrogen-bond acceptors (Lipinski definition) is 5. The lowest BCUT2D eigenvalue weighted by Gasteiger charge is -2.09. The number of amides is 2. The Bertz CT molecular complexity index is 733. The van der Waals surface area contributed by atoms with Crippen LogP contribution in [-0.4, -0.2) is 26.0 Å². The Morgan fingerprint density at radius 1 is 1.00 bits per heavy atom. The summed E-state index contributed by atoms with van der Waals surface area (Å²) in [5.41, 5.74) is 6.23. The van der Waals surface area contributed by atoms with Crippen molar-refractivity contribution in [2.24, 2.45) is 0 Å². The van der Waals surface area contributed by atoms with Gasteiger partial charge in [0.05, 0.1) is 19.1 Å². The maximum absolute atomic E-state index is 12.2. The highest BCUT2D eigenvalue weighted by Crippen LogP contribution is 2.23. The number of hydrogen-bond donors (Lipinski definition) is 2. The van der Waals surface area contributed by atoms with Gasteiger partial charge in [-0.3, -0.25) is 20.4 Å². The van der Waals surface area contributed by atoms with Crippen molar-refractivity contribution in [2.45, 2.75) is 20.3 Å². The van der Waals surface area contributed by atoms with Crippen LogP contribution < -0.4 is 20.3 Å². The van der Waals surface area contributed by atoms with Crippen LogP contribution in [0.5, 0.6) is 11.5 Å². The Morgan fingerprint density at radius 3 is 2.08 bits per heavy atom. The van der Waals surface area contributed by atoms with Crippen molar-refractivity contribution in [2.75, 3.05) is 14.2 Å². The van der Waals surface area contributed by atoms with Crippen molar-refractivity contribution in [1.29, 1.82) is 0 Å². The topological polar surface area (TPSA) is 76.7 Å². The standard InChI is InChI=1S/C17H20N2O4S/c1-5-14-10(2)6-15(24-14)17(21)19-18-16(20)11-7-12(22-3)9-13(8-11)23-4/h6-9H,5H2,1-4H3,(H,18,20)(H,19,21). The molecule has 1 heterocycles. The van der Waals surface area contributed by atoms with Crippen LogP contribution in [0, 0.1) is 6.92 Å². The highest BCUT2D eigenvalue weighted by molar-refractivity contribution is 7.14. The third-order valence-electron chi connectivity index (χ3n) is 3.47. The summed E-state index contributed by atoms with van der Waals surface area (Å²) in [6.07, 6.45) is 0.875. The van der Waals surface area contributed by atoms with Gasteiger partial charge in [0.1, 0.15) is 11.5 Å². The van der Waals surface area contributed by atoms with Crippen LogP contribution in [0.25, 0.3) is 0 Å². The molecule has 0 aliphatic heterocycles. The highest BCUT2D eigenvalue weighted by atomic mass is 32.1. The third kappa shape index (κ3) is 4.05. The van der Waals surface area contributed by atoms with Gasteiger partial charge in [0.15, 0.2) is 0 Å². The first kappa shape index (κ1) is 17.8. The predicted molar refractivity (Wildman–Crippen MR) is 92.9 cm³/mol. The van der Waals surface area contributed by atoms with Gasteiger partial charge in [-0.05, 0) is 37.1 Å². The molecule has 0 fully saturated rings. The molecule has 24 heavy (non-hydrogen) atoms. The lowest BCUT2D eigenvalue weighted by molar-refractivity contribution is 0.0848. The van der Waals surface area contributed by atoms with E-state index in [0.717, 1.165) is 16.9 Å². The Hall–Kier alpha value is -2.54. The van der Waals surface area contributed by atoms with Crippen LogP contribution in [0.1, 0.15) is 37.4 Å². The minimum absolute atomic E-state index is 0.322. The summed E-state index contributed by atoms with van der Waals surface area (Å²) >= 11 is 1.42. The molecule has 0 spiro atoms. The fourth-order valence-electron chi connectivity index (χ4n) is 2.17. The van der Waals surface area contributed by atoms with Gasteiger partial charge in [0.2, 0.25) is 0 Å². The van der Waals surface area contributed by atoms with Gasteiger partial charge >= 0.3 is 0 Å². The van der Waals surface area contributed by atoms with E-state index < -0.39 is 5.91 Å². The summed E-state index contributed by atoms with van der Waals surface area (Å²) in [6.45, 7) is 4.01. The average Bonchev–Trinajstić information content (AvgIpc) is 2.99. The molecule has 128 valence electrons. The van der Waals surface area contributed by atoms with Crippen LogP contribution in [0.15, 0.2) is 24.3 Å².